The Bertz CT molecular complexity index is 593. The molecular weight excluding hydrogens is 291 g/mol. The second kappa shape index (κ2) is 5.61. The number of halogens is 3. The van der Waals surface area contributed by atoms with Crippen molar-refractivity contribution in [3.63, 3.8) is 0 Å². The number of ether oxygens (including phenoxy) is 1. The molecule has 0 aliphatic rings. The van der Waals surface area contributed by atoms with Crippen LogP contribution in [0, 0.1) is 0 Å². The van der Waals surface area contributed by atoms with Crippen molar-refractivity contribution in [2.75, 3.05) is 13.7 Å². The van der Waals surface area contributed by atoms with Crippen LogP contribution in [0.4, 0.5) is 13.2 Å². The highest BCUT2D eigenvalue weighted by atomic mass is 32.2. The van der Waals surface area contributed by atoms with Crippen molar-refractivity contribution in [1.29, 1.82) is 0 Å². The second-order valence-electron chi connectivity index (χ2n) is 3.37. The Labute approximate surface area is 106 Å². The molecule has 0 atom stereocenters. The minimum absolute atomic E-state index is 0.182. The summed E-state index contributed by atoms with van der Waals surface area (Å²) in [6.07, 6.45) is 1.11. The Morgan fingerprint density at radius 3 is 2.47 bits per heavy atom. The van der Waals surface area contributed by atoms with Crippen LogP contribution in [0.25, 0.3) is 0 Å². The molecule has 0 aliphatic carbocycles. The summed E-state index contributed by atoms with van der Waals surface area (Å²) in [7, 11) is -4.36. The first-order valence-corrected chi connectivity index (χ1v) is 6.28. The van der Waals surface area contributed by atoms with E-state index in [1.165, 1.54) is 7.11 Å². The van der Waals surface area contributed by atoms with Gasteiger partial charge in [0.15, 0.2) is 0 Å². The van der Waals surface area contributed by atoms with Crippen LogP contribution in [-0.2, 0) is 21.4 Å². The van der Waals surface area contributed by atoms with Gasteiger partial charge in [-0.2, -0.15) is 21.6 Å². The van der Waals surface area contributed by atoms with E-state index in [1.807, 2.05) is 0 Å². The standard InChI is InChI=1S/C9H10F3NO5S/c1-17-5-4-13-3-2-7(6-8(13)14)18-19(15,16)9(10,11)12/h2-3,6H,4-5H2,1H3. The predicted molar refractivity (Wildman–Crippen MR) is 58.2 cm³/mol. The molecule has 0 aromatic carbocycles. The third-order valence-electron chi connectivity index (χ3n) is 1.99. The fraction of sp³-hybridized carbons (Fsp3) is 0.444. The van der Waals surface area contributed by atoms with Gasteiger partial charge in [0.25, 0.3) is 5.56 Å². The van der Waals surface area contributed by atoms with Crippen molar-refractivity contribution in [3.8, 4) is 5.75 Å². The van der Waals surface area contributed by atoms with Crippen LogP contribution in [-0.4, -0.2) is 32.2 Å². The molecule has 1 aromatic heterocycles. The van der Waals surface area contributed by atoms with E-state index < -0.39 is 26.9 Å². The molecule has 0 fully saturated rings. The lowest BCUT2D eigenvalue weighted by Gasteiger charge is -2.10. The van der Waals surface area contributed by atoms with Crippen LogP contribution in [0.2, 0.25) is 0 Å². The average molecular weight is 301 g/mol. The van der Waals surface area contributed by atoms with E-state index in [1.54, 1.807) is 0 Å². The molecule has 1 aromatic rings. The van der Waals surface area contributed by atoms with E-state index >= 15 is 0 Å². The summed E-state index contributed by atoms with van der Waals surface area (Å²) in [5, 5.41) is 0. The van der Waals surface area contributed by atoms with Gasteiger partial charge < -0.3 is 13.5 Å². The van der Waals surface area contributed by atoms with Crippen LogP contribution in [0.15, 0.2) is 23.1 Å². The van der Waals surface area contributed by atoms with Crippen molar-refractivity contribution in [2.24, 2.45) is 0 Å². The molecule has 1 heterocycles. The van der Waals surface area contributed by atoms with E-state index in [9.17, 15) is 26.4 Å². The SMILES string of the molecule is COCCn1ccc(OS(=O)(=O)C(F)(F)F)cc1=O. The summed E-state index contributed by atoms with van der Waals surface area (Å²) >= 11 is 0. The Morgan fingerprint density at radius 1 is 1.37 bits per heavy atom. The highest BCUT2D eigenvalue weighted by Gasteiger charge is 2.48. The third-order valence-corrected chi connectivity index (χ3v) is 2.97. The number of methoxy groups -OCH3 is 1. The lowest BCUT2D eigenvalue weighted by atomic mass is 10.4. The van der Waals surface area contributed by atoms with Gasteiger partial charge in [0.05, 0.1) is 6.61 Å². The number of rotatable bonds is 5. The van der Waals surface area contributed by atoms with E-state index in [2.05, 4.69) is 4.18 Å². The van der Waals surface area contributed by atoms with Crippen molar-refractivity contribution in [1.82, 2.24) is 4.57 Å². The molecule has 0 saturated carbocycles. The van der Waals surface area contributed by atoms with Crippen LogP contribution in [0.1, 0.15) is 0 Å². The monoisotopic (exact) mass is 301 g/mol. The van der Waals surface area contributed by atoms with Gasteiger partial charge in [0.1, 0.15) is 5.75 Å². The summed E-state index contributed by atoms with van der Waals surface area (Å²) in [6, 6.07) is 1.60. The Hall–Kier alpha value is -1.55. The van der Waals surface area contributed by atoms with Gasteiger partial charge in [0.2, 0.25) is 0 Å². The fourth-order valence-corrected chi connectivity index (χ4v) is 1.54. The second-order valence-corrected chi connectivity index (χ2v) is 4.91. The first-order valence-electron chi connectivity index (χ1n) is 4.87. The minimum atomic E-state index is -5.77. The maximum Gasteiger partial charge on any atom is 0.534 e. The number of alkyl halides is 3. The van der Waals surface area contributed by atoms with E-state index in [4.69, 9.17) is 4.74 Å². The molecule has 1 rings (SSSR count). The molecule has 0 unspecified atom stereocenters. The molecule has 0 radical (unpaired) electrons. The molecule has 19 heavy (non-hydrogen) atoms. The van der Waals surface area contributed by atoms with Gasteiger partial charge in [-0.1, -0.05) is 0 Å². The van der Waals surface area contributed by atoms with E-state index in [-0.39, 0.29) is 13.2 Å². The molecule has 10 heteroatoms. The quantitative estimate of drug-likeness (QED) is 0.592. The first-order chi connectivity index (χ1) is 8.67. The minimum Gasteiger partial charge on any atom is -0.383 e. The Balaban J connectivity index is 2.94. The number of hydrogen-bond acceptors (Lipinski definition) is 5. The van der Waals surface area contributed by atoms with Crippen LogP contribution < -0.4 is 9.74 Å². The third kappa shape index (κ3) is 3.96. The van der Waals surface area contributed by atoms with Gasteiger partial charge in [0, 0.05) is 25.9 Å². The lowest BCUT2D eigenvalue weighted by Crippen LogP contribution is -2.29. The summed E-state index contributed by atoms with van der Waals surface area (Å²) in [5.74, 6) is -0.698. The van der Waals surface area contributed by atoms with Crippen LogP contribution in [0.3, 0.4) is 0 Å². The molecule has 0 aliphatic heterocycles. The molecule has 0 amide bonds. The first kappa shape index (κ1) is 15.5. The Kier molecular flexibility index (Phi) is 4.58. The van der Waals surface area contributed by atoms with Crippen LogP contribution >= 0.6 is 0 Å². The van der Waals surface area contributed by atoms with Gasteiger partial charge in [-0.25, -0.2) is 0 Å². The number of pyridine rings is 1. The number of aromatic nitrogens is 1. The number of hydrogen-bond donors (Lipinski definition) is 0. The summed E-state index contributed by atoms with van der Waals surface area (Å²) in [5.41, 5.74) is -6.25. The highest BCUT2D eigenvalue weighted by Crippen LogP contribution is 2.26. The molecule has 0 saturated heterocycles. The Morgan fingerprint density at radius 2 is 2.00 bits per heavy atom. The maximum absolute atomic E-state index is 12.1. The van der Waals surface area contributed by atoms with Crippen molar-refractivity contribution < 1.29 is 30.5 Å². The van der Waals surface area contributed by atoms with E-state index in [0.717, 1.165) is 16.8 Å². The van der Waals surface area contributed by atoms with E-state index in [0.29, 0.717) is 6.07 Å². The highest BCUT2D eigenvalue weighted by molar-refractivity contribution is 7.87. The largest absolute Gasteiger partial charge is 0.534 e. The van der Waals surface area contributed by atoms with Crippen molar-refractivity contribution in [3.05, 3.63) is 28.7 Å². The van der Waals surface area contributed by atoms with Gasteiger partial charge in [-0.15, -0.1) is 0 Å². The lowest BCUT2D eigenvalue weighted by molar-refractivity contribution is -0.0500. The fourth-order valence-electron chi connectivity index (χ4n) is 1.09. The molecule has 6 nitrogen and oxygen atoms in total. The average Bonchev–Trinajstić information content (AvgIpc) is 2.26. The van der Waals surface area contributed by atoms with Crippen molar-refractivity contribution in [2.45, 2.75) is 12.1 Å². The van der Waals surface area contributed by atoms with Gasteiger partial charge >= 0.3 is 15.6 Å². The van der Waals surface area contributed by atoms with Gasteiger partial charge in [-0.3, -0.25) is 4.79 Å². The number of nitrogens with zero attached hydrogens (tertiary/aromatic N) is 1. The molecular formula is C9H10F3NO5S. The maximum atomic E-state index is 12.1. The predicted octanol–water partition coefficient (Wildman–Crippen LogP) is 0.723. The molecule has 0 bridgehead atoms. The summed E-state index contributed by atoms with van der Waals surface area (Å²) < 4.78 is 67.3. The van der Waals surface area contributed by atoms with Crippen molar-refractivity contribution >= 4 is 10.1 Å². The zero-order chi connectivity index (χ0) is 14.7. The molecule has 0 N–H and O–H groups in total. The molecule has 0 spiro atoms. The zero-order valence-corrected chi connectivity index (χ0v) is 10.5. The van der Waals surface area contributed by atoms with Crippen LogP contribution in [0.5, 0.6) is 5.75 Å². The topological polar surface area (TPSA) is 74.6 Å². The zero-order valence-electron chi connectivity index (χ0n) is 9.68. The molecule has 108 valence electrons. The van der Waals surface area contributed by atoms with Gasteiger partial charge in [-0.05, 0) is 6.07 Å². The normalized spacial score (nSPS) is 12.4. The summed E-state index contributed by atoms with van der Waals surface area (Å²) in [6.45, 7) is 0.405. The summed E-state index contributed by atoms with van der Waals surface area (Å²) in [4.78, 5) is 11.4. The smallest absolute Gasteiger partial charge is 0.383 e.